The van der Waals surface area contributed by atoms with E-state index in [0.717, 1.165) is 57.1 Å². The van der Waals surface area contributed by atoms with Gasteiger partial charge >= 0.3 is 5.97 Å². The number of aliphatic hydroxyl groups is 2. The summed E-state index contributed by atoms with van der Waals surface area (Å²) in [6, 6.07) is 0. The van der Waals surface area contributed by atoms with Crippen molar-refractivity contribution in [1.82, 2.24) is 0 Å². The van der Waals surface area contributed by atoms with E-state index in [9.17, 15) is 15.0 Å². The summed E-state index contributed by atoms with van der Waals surface area (Å²) in [6.07, 6.45) is 15.9. The average molecular weight is 489 g/mol. The standard InChI is InChI=1S/C28H40O7/c1-19-7-4-9-21-10-5-11-22(33-21)12-6-13-27(31)34-25(18-26-28(35-26)24(30)17-19)23(29)15-14-20-8-2-3-16-32-20/h5-6,11,13-15,20-26,28-30H,1-4,7-10,12,16-18H2/b13-6-,15-14+/t20?,21-,22+,23+,24+,25?,26+,28+/m1/s1. The predicted octanol–water partition coefficient (Wildman–Crippen LogP) is 3.69. The highest BCUT2D eigenvalue weighted by atomic mass is 16.6. The summed E-state index contributed by atoms with van der Waals surface area (Å²) in [6.45, 7) is 4.86. The van der Waals surface area contributed by atoms with Gasteiger partial charge in [0.1, 0.15) is 18.3 Å². The molecule has 2 bridgehead atoms. The van der Waals surface area contributed by atoms with E-state index in [1.807, 2.05) is 12.2 Å². The maximum absolute atomic E-state index is 12.6. The van der Waals surface area contributed by atoms with Crippen LogP contribution >= 0.6 is 0 Å². The van der Waals surface area contributed by atoms with E-state index in [-0.39, 0.29) is 30.5 Å². The molecule has 4 heterocycles. The van der Waals surface area contributed by atoms with Gasteiger partial charge in [-0.1, -0.05) is 42.5 Å². The number of hydrogen-bond donors (Lipinski definition) is 2. The second-order valence-corrected chi connectivity index (χ2v) is 10.1. The first-order valence-corrected chi connectivity index (χ1v) is 13.2. The van der Waals surface area contributed by atoms with E-state index in [2.05, 4.69) is 12.7 Å². The molecule has 4 aliphatic rings. The Morgan fingerprint density at radius 3 is 2.83 bits per heavy atom. The van der Waals surface area contributed by atoms with Crippen LogP contribution in [0.3, 0.4) is 0 Å². The third-order valence-corrected chi connectivity index (χ3v) is 7.15. The lowest BCUT2D eigenvalue weighted by molar-refractivity contribution is -0.148. The van der Waals surface area contributed by atoms with Gasteiger partial charge in [0.25, 0.3) is 0 Å². The molecule has 194 valence electrons. The fourth-order valence-corrected chi connectivity index (χ4v) is 5.08. The zero-order valence-corrected chi connectivity index (χ0v) is 20.5. The molecule has 2 saturated heterocycles. The zero-order valence-electron chi connectivity index (χ0n) is 20.5. The topological polar surface area (TPSA) is 97.8 Å². The van der Waals surface area contributed by atoms with Crippen LogP contribution in [-0.4, -0.2) is 71.6 Å². The number of carbonyl (C=O) groups is 1. The number of cyclic esters (lactones) is 1. The van der Waals surface area contributed by atoms with Gasteiger partial charge in [0.15, 0.2) is 0 Å². The molecule has 0 spiro atoms. The molecule has 0 aromatic rings. The Bertz CT molecular complexity index is 797. The minimum Gasteiger partial charge on any atom is -0.456 e. The first-order valence-electron chi connectivity index (χ1n) is 13.2. The van der Waals surface area contributed by atoms with Gasteiger partial charge in [0.05, 0.1) is 30.5 Å². The molecule has 2 unspecified atom stereocenters. The van der Waals surface area contributed by atoms with Gasteiger partial charge in [-0.2, -0.15) is 0 Å². The minimum absolute atomic E-state index is 0.0293. The van der Waals surface area contributed by atoms with Crippen molar-refractivity contribution < 1.29 is 34.0 Å². The van der Waals surface area contributed by atoms with Crippen molar-refractivity contribution in [2.45, 2.75) is 113 Å². The Balaban J connectivity index is 1.42. The molecule has 4 rings (SSSR count). The molecule has 0 saturated carbocycles. The molecule has 0 aliphatic carbocycles. The third kappa shape index (κ3) is 8.40. The molecule has 8 atom stereocenters. The lowest BCUT2D eigenvalue weighted by Gasteiger charge is -2.25. The van der Waals surface area contributed by atoms with Crippen molar-refractivity contribution in [2.24, 2.45) is 0 Å². The SMILES string of the molecule is C=C1CCC[C@@H]2CC=C[C@@H](C/C=C\C(=O)OC([C@@H](O)/C=C/C3CCCCO3)C[C@@H]3O[C@H]3[C@@H](O)C1)O2. The van der Waals surface area contributed by atoms with Gasteiger partial charge < -0.3 is 29.2 Å². The Morgan fingerprint density at radius 1 is 1.11 bits per heavy atom. The number of hydrogen-bond acceptors (Lipinski definition) is 7. The van der Waals surface area contributed by atoms with Gasteiger partial charge in [0.2, 0.25) is 0 Å². The summed E-state index contributed by atoms with van der Waals surface area (Å²) in [7, 11) is 0. The summed E-state index contributed by atoms with van der Waals surface area (Å²) in [5.74, 6) is -0.514. The number of carbonyl (C=O) groups excluding carboxylic acids is 1. The van der Waals surface area contributed by atoms with Gasteiger partial charge in [-0.05, 0) is 57.8 Å². The number of epoxide rings is 1. The lowest BCUT2D eigenvalue weighted by Crippen LogP contribution is -2.32. The van der Waals surface area contributed by atoms with Crippen molar-refractivity contribution in [3.63, 3.8) is 0 Å². The van der Waals surface area contributed by atoms with E-state index in [0.29, 0.717) is 19.3 Å². The molecule has 0 aromatic carbocycles. The highest BCUT2D eigenvalue weighted by molar-refractivity contribution is 5.82. The summed E-state index contributed by atoms with van der Waals surface area (Å²) >= 11 is 0. The molecular weight excluding hydrogens is 448 g/mol. The molecule has 7 nitrogen and oxygen atoms in total. The second kappa shape index (κ2) is 13.0. The van der Waals surface area contributed by atoms with E-state index < -0.39 is 24.3 Å². The third-order valence-electron chi connectivity index (χ3n) is 7.15. The Labute approximate surface area is 208 Å². The molecule has 2 N–H and O–H groups in total. The number of ether oxygens (including phenoxy) is 4. The van der Waals surface area contributed by atoms with Crippen molar-refractivity contribution in [1.29, 1.82) is 0 Å². The van der Waals surface area contributed by atoms with Gasteiger partial charge in [-0.3, -0.25) is 0 Å². The quantitative estimate of drug-likeness (QED) is 0.355. The molecule has 35 heavy (non-hydrogen) atoms. The molecule has 0 amide bonds. The highest BCUT2D eigenvalue weighted by Crippen LogP contribution is 2.34. The van der Waals surface area contributed by atoms with Crippen molar-refractivity contribution in [3.8, 4) is 0 Å². The van der Waals surface area contributed by atoms with Crippen LogP contribution < -0.4 is 0 Å². The van der Waals surface area contributed by atoms with Gasteiger partial charge in [-0.15, -0.1) is 0 Å². The minimum atomic E-state index is -0.995. The van der Waals surface area contributed by atoms with E-state index in [4.69, 9.17) is 18.9 Å². The number of esters is 1. The molecule has 0 aromatic heterocycles. The van der Waals surface area contributed by atoms with E-state index >= 15 is 0 Å². The number of aliphatic hydroxyl groups excluding tert-OH is 2. The first kappa shape index (κ1) is 26.3. The van der Waals surface area contributed by atoms with Gasteiger partial charge in [-0.25, -0.2) is 4.79 Å². The second-order valence-electron chi connectivity index (χ2n) is 10.1. The first-order chi connectivity index (χ1) is 17.0. The van der Waals surface area contributed by atoms with E-state index in [1.165, 1.54) is 6.08 Å². The van der Waals surface area contributed by atoms with Crippen LogP contribution in [0.2, 0.25) is 0 Å². The zero-order chi connectivity index (χ0) is 24.6. The Kier molecular flexibility index (Phi) is 9.75. The number of fused-ring (bicyclic) bond motifs is 3. The lowest BCUT2D eigenvalue weighted by atomic mass is 9.97. The molecule has 0 radical (unpaired) electrons. The summed E-state index contributed by atoms with van der Waals surface area (Å²) in [4.78, 5) is 12.6. The molecule has 2 fully saturated rings. The fourth-order valence-electron chi connectivity index (χ4n) is 5.08. The van der Waals surface area contributed by atoms with Crippen LogP contribution in [-0.2, 0) is 23.7 Å². The normalized spacial score (nSPS) is 39.2. The fraction of sp³-hybridized carbons (Fsp3) is 0.679. The maximum atomic E-state index is 12.6. The summed E-state index contributed by atoms with van der Waals surface area (Å²) in [5.41, 5.74) is 0.997. The van der Waals surface area contributed by atoms with Gasteiger partial charge in [0, 0.05) is 19.1 Å². The maximum Gasteiger partial charge on any atom is 0.330 e. The van der Waals surface area contributed by atoms with Crippen molar-refractivity contribution in [3.05, 3.63) is 48.6 Å². The van der Waals surface area contributed by atoms with Crippen LogP contribution in [0.1, 0.15) is 64.2 Å². The van der Waals surface area contributed by atoms with Crippen LogP contribution in [0.5, 0.6) is 0 Å². The van der Waals surface area contributed by atoms with Crippen molar-refractivity contribution in [2.75, 3.05) is 6.61 Å². The Hall–Kier alpha value is -1.77. The van der Waals surface area contributed by atoms with Crippen LogP contribution in [0.4, 0.5) is 0 Å². The predicted molar refractivity (Wildman–Crippen MR) is 132 cm³/mol. The Morgan fingerprint density at radius 2 is 2.00 bits per heavy atom. The highest BCUT2D eigenvalue weighted by Gasteiger charge is 2.46. The van der Waals surface area contributed by atoms with Crippen LogP contribution in [0.25, 0.3) is 0 Å². The number of rotatable bonds is 3. The van der Waals surface area contributed by atoms with Crippen molar-refractivity contribution >= 4 is 5.97 Å². The summed E-state index contributed by atoms with van der Waals surface area (Å²) < 4.78 is 23.2. The largest absolute Gasteiger partial charge is 0.456 e. The summed E-state index contributed by atoms with van der Waals surface area (Å²) in [5, 5.41) is 21.5. The monoisotopic (exact) mass is 488 g/mol. The smallest absolute Gasteiger partial charge is 0.330 e. The molecule has 7 heteroatoms. The molecule has 4 aliphatic heterocycles. The molecular formula is C28H40O7. The average Bonchev–Trinajstić information content (AvgIpc) is 3.62. The van der Waals surface area contributed by atoms with Crippen LogP contribution in [0.15, 0.2) is 48.6 Å². The van der Waals surface area contributed by atoms with E-state index in [1.54, 1.807) is 12.2 Å². The van der Waals surface area contributed by atoms with Crippen LogP contribution in [0, 0.1) is 0 Å².